The van der Waals surface area contributed by atoms with Crippen molar-refractivity contribution in [2.24, 2.45) is 38.4 Å². The highest BCUT2D eigenvalue weighted by molar-refractivity contribution is 5.75. The average molecular weight is 1060 g/mol. The Bertz CT molecular complexity index is 2420. The van der Waals surface area contributed by atoms with E-state index in [0.717, 1.165) is 73.6 Å². The zero-order valence-electron chi connectivity index (χ0n) is 53.9. The van der Waals surface area contributed by atoms with Crippen molar-refractivity contribution < 1.29 is 14.2 Å². The lowest BCUT2D eigenvalue weighted by Gasteiger charge is -2.22. The van der Waals surface area contributed by atoms with Crippen molar-refractivity contribution in [3.8, 4) is 17.2 Å². The fourth-order valence-corrected chi connectivity index (χ4v) is 8.49. The summed E-state index contributed by atoms with van der Waals surface area (Å²) in [5, 5.41) is 0. The summed E-state index contributed by atoms with van der Waals surface area (Å²) in [5.74, 6) is 4.69. The quantitative estimate of drug-likeness (QED) is 0.115. The van der Waals surface area contributed by atoms with Gasteiger partial charge in [0.05, 0.1) is 31.1 Å². The van der Waals surface area contributed by atoms with Crippen LogP contribution in [-0.2, 0) is 26.1 Å². The van der Waals surface area contributed by atoms with Crippen molar-refractivity contribution >= 4 is 11.0 Å². The molecule has 0 saturated carbocycles. The van der Waals surface area contributed by atoms with E-state index in [1.54, 1.807) is 7.11 Å². The summed E-state index contributed by atoms with van der Waals surface area (Å²) in [4.78, 5) is 10.9. The Hall–Kier alpha value is -5.08. The highest BCUT2D eigenvalue weighted by Crippen LogP contribution is 2.28. The molecule has 8 heteroatoms. The molecular formula is C69H113N5O3. The number of fused-ring (bicyclic) bond motifs is 1. The predicted octanol–water partition coefficient (Wildman–Crippen LogP) is 19.1. The molecule has 6 aromatic rings. The van der Waals surface area contributed by atoms with Gasteiger partial charge in [-0.1, -0.05) is 199 Å². The topological polar surface area (TPSA) is 66.6 Å². The van der Waals surface area contributed by atoms with Gasteiger partial charge < -0.3 is 28.2 Å². The van der Waals surface area contributed by atoms with Crippen LogP contribution in [0.3, 0.4) is 0 Å². The van der Waals surface area contributed by atoms with Crippen LogP contribution >= 0.6 is 0 Å². The Morgan fingerprint density at radius 1 is 0.584 bits per heavy atom. The van der Waals surface area contributed by atoms with Crippen LogP contribution in [0.25, 0.3) is 11.0 Å². The smallest absolute Gasteiger partial charge is 0.148 e. The summed E-state index contributed by atoms with van der Waals surface area (Å²) < 4.78 is 21.3. The molecule has 6 rings (SSSR count). The molecule has 0 N–H and O–H groups in total. The zero-order valence-corrected chi connectivity index (χ0v) is 53.9. The minimum atomic E-state index is 0.185. The van der Waals surface area contributed by atoms with E-state index in [9.17, 15) is 0 Å². The van der Waals surface area contributed by atoms with Gasteiger partial charge in [-0.3, -0.25) is 0 Å². The third-order valence-corrected chi connectivity index (χ3v) is 11.3. The molecule has 432 valence electrons. The molecule has 0 spiro atoms. The molecule has 0 amide bonds. The first-order valence-electron chi connectivity index (χ1n) is 28.4. The normalized spacial score (nSPS) is 11.9. The van der Waals surface area contributed by atoms with Gasteiger partial charge in [0.2, 0.25) is 0 Å². The van der Waals surface area contributed by atoms with Gasteiger partial charge in [0.25, 0.3) is 0 Å². The van der Waals surface area contributed by atoms with E-state index in [1.165, 1.54) is 35.0 Å². The van der Waals surface area contributed by atoms with Crippen molar-refractivity contribution in [2.45, 2.75) is 198 Å². The van der Waals surface area contributed by atoms with Crippen LogP contribution < -0.4 is 14.2 Å². The number of rotatable bonds is 13. The molecule has 0 aliphatic heterocycles. The van der Waals surface area contributed by atoms with Crippen molar-refractivity contribution in [1.82, 2.24) is 24.0 Å². The number of methoxy groups -OCH3 is 1. The summed E-state index contributed by atoms with van der Waals surface area (Å²) in [6.45, 7) is 53.7. The molecule has 0 saturated heterocycles. The van der Waals surface area contributed by atoms with Crippen LogP contribution in [0.5, 0.6) is 17.2 Å². The first-order chi connectivity index (χ1) is 35.3. The second-order valence-electron chi connectivity index (χ2n) is 28.8. The molecule has 0 radical (unpaired) electrons. The van der Waals surface area contributed by atoms with E-state index in [0.29, 0.717) is 33.7 Å². The summed E-state index contributed by atoms with van der Waals surface area (Å²) in [7, 11) is 5.91. The number of aromatic nitrogens is 4. The summed E-state index contributed by atoms with van der Waals surface area (Å²) >= 11 is 0. The number of ether oxygens (including phenoxy) is 3. The van der Waals surface area contributed by atoms with Crippen LogP contribution in [0.4, 0.5) is 0 Å². The Morgan fingerprint density at radius 3 is 1.60 bits per heavy atom. The first kappa shape index (κ1) is 69.9. The van der Waals surface area contributed by atoms with Gasteiger partial charge in [-0.25, -0.2) is 9.97 Å². The van der Waals surface area contributed by atoms with Gasteiger partial charge in [-0.15, -0.1) is 0 Å². The largest absolute Gasteiger partial charge is 0.497 e. The van der Waals surface area contributed by atoms with Gasteiger partial charge in [0.1, 0.15) is 29.7 Å². The molecular weight excluding hydrogens is 947 g/mol. The average Bonchev–Trinajstić information content (AvgIpc) is 3.92. The summed E-state index contributed by atoms with van der Waals surface area (Å²) in [6.07, 6.45) is 10.4. The molecule has 2 heterocycles. The molecule has 0 unspecified atom stereocenters. The van der Waals surface area contributed by atoms with E-state index in [1.807, 2.05) is 67.3 Å². The molecule has 0 atom stereocenters. The van der Waals surface area contributed by atoms with Gasteiger partial charge in [0.15, 0.2) is 0 Å². The molecule has 0 aliphatic carbocycles. The van der Waals surface area contributed by atoms with Crippen LogP contribution in [0.1, 0.15) is 180 Å². The van der Waals surface area contributed by atoms with Gasteiger partial charge in [0, 0.05) is 32.0 Å². The molecule has 8 nitrogen and oxygen atoms in total. The lowest BCUT2D eigenvalue weighted by atomic mass is 9.86. The third kappa shape index (κ3) is 35.9. The van der Waals surface area contributed by atoms with Gasteiger partial charge >= 0.3 is 0 Å². The zero-order chi connectivity index (χ0) is 58.8. The molecule has 2 aromatic heterocycles. The monoisotopic (exact) mass is 1060 g/mol. The van der Waals surface area contributed by atoms with Gasteiger partial charge in [-0.2, -0.15) is 0 Å². The number of nitrogens with zero attached hydrogens (tertiary/aromatic N) is 5. The first-order valence-corrected chi connectivity index (χ1v) is 28.4. The Balaban J connectivity index is 0.000000482. The minimum Gasteiger partial charge on any atom is -0.497 e. The lowest BCUT2D eigenvalue weighted by molar-refractivity contribution is 0.241. The maximum Gasteiger partial charge on any atom is 0.148 e. The van der Waals surface area contributed by atoms with Gasteiger partial charge in [-0.05, 0) is 145 Å². The van der Waals surface area contributed by atoms with Crippen molar-refractivity contribution in [1.29, 1.82) is 0 Å². The van der Waals surface area contributed by atoms with Crippen LogP contribution in [0, 0.1) is 52.3 Å². The van der Waals surface area contributed by atoms with E-state index < -0.39 is 0 Å². The highest BCUT2D eigenvalue weighted by atomic mass is 16.5. The van der Waals surface area contributed by atoms with Crippen molar-refractivity contribution in [3.05, 3.63) is 138 Å². The standard InChI is InChI=1S/C19H22N2O.C14H22O.C12H18O.C9H16N2.C8H18.C7H17N/c1-19(2,3)14-21-17-12-8-7-11-16(17)20-18(21)13-22-15-9-5-4-6-10-15;1-11-7-6-8-12(2)13(11)15-10-9-14(3,4)5;1-12(2,3)9-10-6-5-7-11(8-10)13-4;1-9(2,3)4-6-11-7-5-10-8-11;1-7(2)6-8(3,4)5;1-7(2,3)6-8(4)5/h4-12H,13-14H2,1-3H3;6-8H,9-10H2,1-5H3;5-8H,9H2,1-4H3;5,7-8H,4,6H2,1-3H3;7H,6H2,1-5H3;6H2,1-5H3. The fourth-order valence-electron chi connectivity index (χ4n) is 8.49. The van der Waals surface area contributed by atoms with Crippen molar-refractivity contribution in [2.75, 3.05) is 34.4 Å². The minimum absolute atomic E-state index is 0.185. The fraction of sp³-hybridized carbons (Fsp3) is 0.594. The van der Waals surface area contributed by atoms with Crippen LogP contribution in [0.15, 0.2) is 116 Å². The highest BCUT2D eigenvalue weighted by Gasteiger charge is 2.19. The molecule has 0 fully saturated rings. The second kappa shape index (κ2) is 32.7. The molecule has 0 aliphatic rings. The van der Waals surface area contributed by atoms with E-state index in [-0.39, 0.29) is 5.41 Å². The lowest BCUT2D eigenvalue weighted by Crippen LogP contribution is -2.25. The number of benzene rings is 4. The molecule has 0 bridgehead atoms. The Labute approximate surface area is 473 Å². The van der Waals surface area contributed by atoms with Crippen LogP contribution in [0.2, 0.25) is 0 Å². The summed E-state index contributed by atoms with van der Waals surface area (Å²) in [6, 6.07) is 32.7. The number of para-hydroxylation sites is 4. The maximum atomic E-state index is 5.89. The SMILES string of the molecule is CC(C)(C)CCn1ccnc1.CC(C)(C)Cn1c(COc2ccccc2)nc2ccccc21.CC(C)CC(C)(C)C.CN(C)CC(C)(C)C.COc1cccc(CC(C)(C)C)c1.Cc1cccc(C)c1OCCC(C)(C)C. The van der Waals surface area contributed by atoms with Crippen molar-refractivity contribution in [3.63, 3.8) is 0 Å². The summed E-state index contributed by atoms with van der Waals surface area (Å²) in [5.41, 5.74) is 8.25. The number of hydrogen-bond acceptors (Lipinski definition) is 6. The number of imidazole rings is 2. The van der Waals surface area contributed by atoms with E-state index >= 15 is 0 Å². The van der Waals surface area contributed by atoms with E-state index in [4.69, 9.17) is 19.2 Å². The Kier molecular flexibility index (Phi) is 29.7. The molecule has 4 aromatic carbocycles. The Morgan fingerprint density at radius 2 is 1.14 bits per heavy atom. The predicted molar refractivity (Wildman–Crippen MR) is 335 cm³/mol. The van der Waals surface area contributed by atoms with E-state index in [2.05, 4.69) is 234 Å². The van der Waals surface area contributed by atoms with Crippen LogP contribution in [-0.4, -0.2) is 58.4 Å². The number of hydrogen-bond donors (Lipinski definition) is 0. The third-order valence-electron chi connectivity index (χ3n) is 11.3. The second-order valence-corrected chi connectivity index (χ2v) is 28.8. The maximum absolute atomic E-state index is 5.89. The molecule has 77 heavy (non-hydrogen) atoms. The number of aryl methyl sites for hydroxylation is 3.